The highest BCUT2D eigenvalue weighted by Gasteiger charge is 2.52. The summed E-state index contributed by atoms with van der Waals surface area (Å²) in [6.45, 7) is 13.9. The van der Waals surface area contributed by atoms with Gasteiger partial charge in [0, 0.05) is 16.8 Å². The minimum Gasteiger partial charge on any atom is -0.321 e. The van der Waals surface area contributed by atoms with Crippen molar-refractivity contribution in [2.75, 3.05) is 5.32 Å². The molecule has 0 saturated heterocycles. The third-order valence-corrected chi connectivity index (χ3v) is 7.83. The Morgan fingerprint density at radius 1 is 1.26 bits per heavy atom. The van der Waals surface area contributed by atoms with Gasteiger partial charge in [0.25, 0.3) is 5.91 Å². The van der Waals surface area contributed by atoms with Gasteiger partial charge in [-0.3, -0.25) is 4.79 Å². The number of allylic oxidation sites excluding steroid dienone is 2. The summed E-state index contributed by atoms with van der Waals surface area (Å²) in [4.78, 5) is 12.6. The fourth-order valence-electron chi connectivity index (χ4n) is 6.46. The highest BCUT2D eigenvalue weighted by Crippen LogP contribution is 2.61. The van der Waals surface area contributed by atoms with Gasteiger partial charge in [-0.05, 0) is 73.3 Å². The van der Waals surface area contributed by atoms with Gasteiger partial charge in [0.1, 0.15) is 0 Å². The van der Waals surface area contributed by atoms with Crippen LogP contribution < -0.4 is 5.32 Å². The van der Waals surface area contributed by atoms with E-state index in [4.69, 9.17) is 0 Å². The van der Waals surface area contributed by atoms with Crippen molar-refractivity contribution >= 4 is 17.2 Å². The van der Waals surface area contributed by atoms with E-state index in [1.54, 1.807) is 0 Å². The zero-order chi connectivity index (χ0) is 19.4. The third-order valence-electron chi connectivity index (χ3n) is 7.83. The van der Waals surface area contributed by atoms with Crippen molar-refractivity contribution in [1.82, 2.24) is 0 Å². The number of hydrogen-bond acceptors (Lipinski definition) is 1. The molecule has 2 heteroatoms. The molecule has 4 rings (SSSR count). The number of fused-ring (bicyclic) bond motifs is 2. The van der Waals surface area contributed by atoms with Crippen molar-refractivity contribution in [1.29, 1.82) is 0 Å². The summed E-state index contributed by atoms with van der Waals surface area (Å²) in [6, 6.07) is 6.24. The Kier molecular flexibility index (Phi) is 4.36. The molecule has 1 aliphatic heterocycles. The number of aryl methyl sites for hydroxylation is 1. The molecule has 1 aromatic rings. The number of benzene rings is 1. The van der Waals surface area contributed by atoms with Crippen LogP contribution >= 0.6 is 0 Å². The van der Waals surface area contributed by atoms with E-state index in [0.717, 1.165) is 35.6 Å². The van der Waals surface area contributed by atoms with Gasteiger partial charge in [-0.1, -0.05) is 57.6 Å². The van der Waals surface area contributed by atoms with Gasteiger partial charge in [-0.15, -0.1) is 0 Å². The van der Waals surface area contributed by atoms with E-state index in [-0.39, 0.29) is 5.91 Å². The van der Waals surface area contributed by atoms with Crippen LogP contribution in [0.1, 0.15) is 70.4 Å². The largest absolute Gasteiger partial charge is 0.321 e. The van der Waals surface area contributed by atoms with Crippen LogP contribution in [0.15, 0.2) is 36.4 Å². The average Bonchev–Trinajstić information content (AvgIpc) is 2.88. The van der Waals surface area contributed by atoms with Crippen LogP contribution in [0, 0.1) is 29.6 Å². The van der Waals surface area contributed by atoms with Gasteiger partial charge < -0.3 is 5.32 Å². The summed E-state index contributed by atoms with van der Waals surface area (Å²) >= 11 is 0. The van der Waals surface area contributed by atoms with Gasteiger partial charge >= 0.3 is 0 Å². The van der Waals surface area contributed by atoms with Crippen molar-refractivity contribution in [3.05, 3.63) is 47.6 Å². The number of carbonyl (C=O) groups excluding carboxylic acids is 1. The van der Waals surface area contributed by atoms with Gasteiger partial charge in [0.05, 0.1) is 0 Å². The normalized spacial score (nSPS) is 33.6. The fourth-order valence-corrected chi connectivity index (χ4v) is 6.46. The molecule has 3 atom stereocenters. The third kappa shape index (κ3) is 2.98. The first-order chi connectivity index (χ1) is 12.7. The first-order valence-electron chi connectivity index (χ1n) is 10.5. The number of anilines is 1. The van der Waals surface area contributed by atoms with Crippen LogP contribution in [0.3, 0.4) is 0 Å². The van der Waals surface area contributed by atoms with Crippen molar-refractivity contribution in [2.24, 2.45) is 22.7 Å². The van der Waals surface area contributed by atoms with Crippen molar-refractivity contribution in [3.63, 3.8) is 0 Å². The molecule has 2 fully saturated rings. The lowest BCUT2D eigenvalue weighted by Gasteiger charge is -2.58. The lowest BCUT2D eigenvalue weighted by atomic mass is 9.47. The van der Waals surface area contributed by atoms with E-state index in [1.165, 1.54) is 36.8 Å². The number of rotatable bonds is 2. The average molecular weight is 364 g/mol. The number of amides is 1. The second-order valence-corrected chi connectivity index (χ2v) is 10.0. The maximum atomic E-state index is 12.6. The van der Waals surface area contributed by atoms with E-state index in [0.29, 0.717) is 16.7 Å². The van der Waals surface area contributed by atoms with Gasteiger partial charge in [0.15, 0.2) is 0 Å². The van der Waals surface area contributed by atoms with Gasteiger partial charge in [-0.2, -0.15) is 0 Å². The standard InChI is InChI=1S/C25H33NO/c1-16-7-9-18-19(23(27)26-21(18)15-16)10-11-20-17(2)8-12-22-24(3,4)13-6-14-25(20,22)5/h7,9-10,15,20,22H,2,6,8,11-14H2,1,3-5H3,(H,26,27)/b19-10-/t20-,22-,25+/m0/s1. The Balaban J connectivity index is 1.65. The molecule has 2 nitrogen and oxygen atoms in total. The maximum absolute atomic E-state index is 12.6. The Morgan fingerprint density at radius 3 is 2.81 bits per heavy atom. The molecule has 1 aromatic carbocycles. The summed E-state index contributed by atoms with van der Waals surface area (Å²) in [7, 11) is 0. The van der Waals surface area contributed by atoms with Gasteiger partial charge in [-0.25, -0.2) is 0 Å². The highest BCUT2D eigenvalue weighted by molar-refractivity contribution is 6.31. The lowest BCUT2D eigenvalue weighted by molar-refractivity contribution is -0.110. The predicted octanol–water partition coefficient (Wildman–Crippen LogP) is 6.52. The first-order valence-corrected chi connectivity index (χ1v) is 10.5. The van der Waals surface area contributed by atoms with Crippen molar-refractivity contribution in [2.45, 2.75) is 66.2 Å². The molecule has 2 aliphatic carbocycles. The molecule has 1 heterocycles. The molecule has 1 amide bonds. The van der Waals surface area contributed by atoms with Gasteiger partial charge in [0.2, 0.25) is 0 Å². The molecule has 1 N–H and O–H groups in total. The summed E-state index contributed by atoms with van der Waals surface area (Å²) < 4.78 is 0. The topological polar surface area (TPSA) is 29.1 Å². The quantitative estimate of drug-likeness (QED) is 0.470. The second-order valence-electron chi connectivity index (χ2n) is 10.0. The summed E-state index contributed by atoms with van der Waals surface area (Å²) in [6.07, 6.45) is 9.47. The predicted molar refractivity (Wildman–Crippen MR) is 113 cm³/mol. The fraction of sp³-hybridized carbons (Fsp3) is 0.560. The van der Waals surface area contributed by atoms with E-state index in [1.807, 2.05) is 0 Å². The van der Waals surface area contributed by atoms with Crippen LogP contribution in [-0.2, 0) is 4.79 Å². The highest BCUT2D eigenvalue weighted by atomic mass is 16.2. The Morgan fingerprint density at radius 2 is 2.04 bits per heavy atom. The van der Waals surface area contributed by atoms with Crippen LogP contribution in [0.5, 0.6) is 0 Å². The number of hydrogen-bond donors (Lipinski definition) is 1. The molecular weight excluding hydrogens is 330 g/mol. The molecule has 0 spiro atoms. The SMILES string of the molecule is C=C1CC[C@H]2C(C)(C)CCC[C@]2(C)[C@H]1C/C=C1\C(=O)Nc2cc(C)ccc21. The Labute approximate surface area is 164 Å². The molecule has 0 aromatic heterocycles. The van der Waals surface area contributed by atoms with E-state index < -0.39 is 0 Å². The minimum atomic E-state index is 0.0442. The van der Waals surface area contributed by atoms with E-state index >= 15 is 0 Å². The van der Waals surface area contributed by atoms with E-state index in [9.17, 15) is 4.79 Å². The zero-order valence-electron chi connectivity index (χ0n) is 17.3. The molecule has 144 valence electrons. The number of carbonyl (C=O) groups is 1. The molecule has 0 unspecified atom stereocenters. The van der Waals surface area contributed by atoms with Crippen molar-refractivity contribution in [3.8, 4) is 0 Å². The zero-order valence-corrected chi connectivity index (χ0v) is 17.3. The Bertz CT molecular complexity index is 831. The Hall–Kier alpha value is -1.83. The minimum absolute atomic E-state index is 0.0442. The molecule has 0 radical (unpaired) electrons. The van der Waals surface area contributed by atoms with Crippen LogP contribution in [0.25, 0.3) is 5.57 Å². The lowest BCUT2D eigenvalue weighted by Crippen LogP contribution is -2.49. The monoisotopic (exact) mass is 363 g/mol. The van der Waals surface area contributed by atoms with Crippen molar-refractivity contribution < 1.29 is 4.79 Å². The molecule has 0 bridgehead atoms. The summed E-state index contributed by atoms with van der Waals surface area (Å²) in [5.74, 6) is 1.27. The molecular formula is C25H33NO. The number of nitrogens with one attached hydrogen (secondary N) is 1. The first kappa shape index (κ1) is 18.5. The second kappa shape index (κ2) is 6.36. The molecule has 3 aliphatic rings. The van der Waals surface area contributed by atoms with Crippen LogP contribution in [0.4, 0.5) is 5.69 Å². The molecule has 2 saturated carbocycles. The van der Waals surface area contributed by atoms with Crippen LogP contribution in [-0.4, -0.2) is 5.91 Å². The maximum Gasteiger partial charge on any atom is 0.256 e. The summed E-state index contributed by atoms with van der Waals surface area (Å²) in [5, 5.41) is 3.04. The summed E-state index contributed by atoms with van der Waals surface area (Å²) in [5.41, 5.74) is 6.14. The van der Waals surface area contributed by atoms with E-state index in [2.05, 4.69) is 63.9 Å². The molecule has 27 heavy (non-hydrogen) atoms. The smallest absolute Gasteiger partial charge is 0.256 e. The van der Waals surface area contributed by atoms with Crippen LogP contribution in [0.2, 0.25) is 0 Å².